The Labute approximate surface area is 138 Å². The number of halogens is 1. The summed E-state index contributed by atoms with van der Waals surface area (Å²) in [5.41, 5.74) is 0.465. The first kappa shape index (κ1) is 16.3. The average Bonchev–Trinajstić information content (AvgIpc) is 2.96. The van der Waals surface area contributed by atoms with Crippen LogP contribution in [-0.4, -0.2) is 27.1 Å². The summed E-state index contributed by atoms with van der Waals surface area (Å²) in [7, 11) is 0. The van der Waals surface area contributed by atoms with Crippen molar-refractivity contribution < 1.29 is 14.7 Å². The van der Waals surface area contributed by atoms with Crippen molar-refractivity contribution in [1.29, 1.82) is 0 Å². The van der Waals surface area contributed by atoms with E-state index in [0.29, 0.717) is 11.4 Å². The van der Waals surface area contributed by atoms with E-state index in [1.807, 2.05) is 12.1 Å². The smallest absolute Gasteiger partial charge is 0.340 e. The molecule has 21 heavy (non-hydrogen) atoms. The topological polar surface area (TPSA) is 79.3 Å². The lowest BCUT2D eigenvalue weighted by Crippen LogP contribution is -2.15. The molecule has 0 aliphatic carbocycles. The monoisotopic (exact) mass is 362 g/mol. The Morgan fingerprint density at radius 1 is 1.48 bits per heavy atom. The van der Waals surface area contributed by atoms with Crippen LogP contribution in [0.2, 0.25) is 4.34 Å². The highest BCUT2D eigenvalue weighted by Gasteiger charge is 2.19. The predicted molar refractivity (Wildman–Crippen MR) is 87.9 cm³/mol. The minimum absolute atomic E-state index is 0.0587. The van der Waals surface area contributed by atoms with Gasteiger partial charge in [-0.15, -0.1) is 23.1 Å². The number of thioether (sulfide) groups is 1. The zero-order valence-corrected chi connectivity index (χ0v) is 14.1. The van der Waals surface area contributed by atoms with E-state index in [1.165, 1.54) is 23.1 Å². The molecule has 2 N–H and O–H groups in total. The first-order chi connectivity index (χ1) is 9.97. The Balaban J connectivity index is 1.86. The van der Waals surface area contributed by atoms with Gasteiger partial charge in [0.05, 0.1) is 15.8 Å². The molecule has 1 amide bonds. The van der Waals surface area contributed by atoms with Gasteiger partial charge in [0.15, 0.2) is 0 Å². The number of carboxylic acid groups (broad SMARTS) is 1. The third kappa shape index (κ3) is 4.44. The van der Waals surface area contributed by atoms with Gasteiger partial charge in [-0.2, -0.15) is 4.37 Å². The molecule has 9 heteroatoms. The summed E-state index contributed by atoms with van der Waals surface area (Å²) in [5, 5.41) is 12.0. The van der Waals surface area contributed by atoms with E-state index in [-0.39, 0.29) is 22.2 Å². The van der Waals surface area contributed by atoms with Gasteiger partial charge in [-0.1, -0.05) is 11.6 Å². The number of aryl methyl sites for hydroxylation is 1. The van der Waals surface area contributed by atoms with Crippen LogP contribution in [0.4, 0.5) is 5.00 Å². The van der Waals surface area contributed by atoms with Gasteiger partial charge in [0, 0.05) is 10.6 Å². The molecule has 0 fully saturated rings. The molecule has 0 saturated carbocycles. The first-order valence-corrected chi connectivity index (χ1v) is 8.91. The lowest BCUT2D eigenvalue weighted by Gasteiger charge is -2.03. The Morgan fingerprint density at radius 3 is 2.86 bits per heavy atom. The Hall–Kier alpha value is -1.09. The SMILES string of the molecule is Cc1nsc(NC(=O)CSCc2ccc(Cl)s2)c1C(=O)O. The number of rotatable bonds is 6. The van der Waals surface area contributed by atoms with Crippen molar-refractivity contribution in [3.8, 4) is 0 Å². The molecule has 2 rings (SSSR count). The van der Waals surface area contributed by atoms with Crippen molar-refractivity contribution in [1.82, 2.24) is 4.37 Å². The van der Waals surface area contributed by atoms with Gasteiger partial charge >= 0.3 is 5.97 Å². The fourth-order valence-corrected chi connectivity index (χ4v) is 4.37. The van der Waals surface area contributed by atoms with Gasteiger partial charge in [0.1, 0.15) is 10.6 Å². The lowest BCUT2D eigenvalue weighted by atomic mass is 10.2. The molecular formula is C12H11ClN2O3S3. The van der Waals surface area contributed by atoms with Gasteiger partial charge in [-0.25, -0.2) is 4.79 Å². The number of carbonyl (C=O) groups excluding carboxylic acids is 1. The number of aromatic carboxylic acids is 1. The maximum Gasteiger partial charge on any atom is 0.340 e. The second-order valence-electron chi connectivity index (χ2n) is 4.02. The Bertz CT molecular complexity index is 669. The zero-order valence-electron chi connectivity index (χ0n) is 10.9. The molecule has 2 aromatic heterocycles. The van der Waals surface area contributed by atoms with Crippen LogP contribution in [0.5, 0.6) is 0 Å². The van der Waals surface area contributed by atoms with Gasteiger partial charge in [0.2, 0.25) is 5.91 Å². The van der Waals surface area contributed by atoms with E-state index in [2.05, 4.69) is 9.69 Å². The second kappa shape index (κ2) is 7.26. The minimum Gasteiger partial charge on any atom is -0.478 e. The van der Waals surface area contributed by atoms with E-state index in [9.17, 15) is 9.59 Å². The van der Waals surface area contributed by atoms with Crippen LogP contribution in [0.3, 0.4) is 0 Å². The molecule has 2 heterocycles. The number of hydrogen-bond acceptors (Lipinski definition) is 6. The number of nitrogens with zero attached hydrogens (tertiary/aromatic N) is 1. The molecule has 0 aliphatic heterocycles. The number of aromatic nitrogens is 1. The standard InChI is InChI=1S/C12H11ClN2O3S3/c1-6-10(12(17)18)11(21-15-6)14-9(16)5-19-4-7-2-3-8(13)20-7/h2-3H,4-5H2,1H3,(H,14,16)(H,17,18). The highest BCUT2D eigenvalue weighted by atomic mass is 35.5. The second-order valence-corrected chi connectivity index (χ2v) is 7.58. The van der Waals surface area contributed by atoms with Crippen LogP contribution in [0.1, 0.15) is 20.9 Å². The number of anilines is 1. The third-order valence-electron chi connectivity index (χ3n) is 2.44. The van der Waals surface area contributed by atoms with Crippen molar-refractivity contribution in [2.75, 3.05) is 11.1 Å². The summed E-state index contributed by atoms with van der Waals surface area (Å²) < 4.78 is 4.67. The average molecular weight is 363 g/mol. The maximum absolute atomic E-state index is 11.8. The molecule has 0 bridgehead atoms. The molecule has 5 nitrogen and oxygen atoms in total. The fourth-order valence-electron chi connectivity index (χ4n) is 1.54. The van der Waals surface area contributed by atoms with Crippen LogP contribution in [-0.2, 0) is 10.5 Å². The van der Waals surface area contributed by atoms with Crippen molar-refractivity contribution in [2.24, 2.45) is 0 Å². The van der Waals surface area contributed by atoms with E-state index in [1.54, 1.807) is 6.92 Å². The normalized spacial score (nSPS) is 10.6. The summed E-state index contributed by atoms with van der Waals surface area (Å²) in [6, 6.07) is 3.74. The summed E-state index contributed by atoms with van der Waals surface area (Å²) in [4.78, 5) is 24.0. The van der Waals surface area contributed by atoms with Crippen molar-refractivity contribution >= 4 is 63.1 Å². The van der Waals surface area contributed by atoms with Crippen LogP contribution in [0.25, 0.3) is 0 Å². The quantitative estimate of drug-likeness (QED) is 0.818. The highest BCUT2D eigenvalue weighted by Crippen LogP contribution is 2.26. The predicted octanol–water partition coefficient (Wildman–Crippen LogP) is 3.74. The molecule has 0 radical (unpaired) electrons. The van der Waals surface area contributed by atoms with Crippen molar-refractivity contribution in [3.63, 3.8) is 0 Å². The van der Waals surface area contributed by atoms with Crippen molar-refractivity contribution in [3.05, 3.63) is 32.6 Å². The van der Waals surface area contributed by atoms with E-state index >= 15 is 0 Å². The van der Waals surface area contributed by atoms with Gasteiger partial charge in [-0.3, -0.25) is 4.79 Å². The van der Waals surface area contributed by atoms with Crippen LogP contribution < -0.4 is 5.32 Å². The largest absolute Gasteiger partial charge is 0.478 e. The fraction of sp³-hybridized carbons (Fsp3) is 0.250. The molecule has 0 spiro atoms. The van der Waals surface area contributed by atoms with Crippen molar-refractivity contribution in [2.45, 2.75) is 12.7 Å². The van der Waals surface area contributed by atoms with Crippen LogP contribution >= 0.6 is 46.2 Å². The molecule has 0 atom stereocenters. The molecule has 112 valence electrons. The number of nitrogens with one attached hydrogen (secondary N) is 1. The maximum atomic E-state index is 11.8. The first-order valence-electron chi connectivity index (χ1n) is 5.78. The zero-order chi connectivity index (χ0) is 15.4. The molecular weight excluding hydrogens is 352 g/mol. The molecule has 0 saturated heterocycles. The molecule has 0 unspecified atom stereocenters. The third-order valence-corrected chi connectivity index (χ3v) is 5.69. The molecule has 0 aliphatic rings. The van der Waals surface area contributed by atoms with E-state index < -0.39 is 5.97 Å². The summed E-state index contributed by atoms with van der Waals surface area (Å²) in [6.45, 7) is 1.60. The summed E-state index contributed by atoms with van der Waals surface area (Å²) in [6.07, 6.45) is 0. The number of thiophene rings is 1. The number of amides is 1. The molecule has 0 aromatic carbocycles. The van der Waals surface area contributed by atoms with E-state index in [0.717, 1.165) is 20.7 Å². The van der Waals surface area contributed by atoms with E-state index in [4.69, 9.17) is 16.7 Å². The number of carbonyl (C=O) groups is 2. The van der Waals surface area contributed by atoms with Gasteiger partial charge in [0.25, 0.3) is 0 Å². The molecule has 2 aromatic rings. The highest BCUT2D eigenvalue weighted by molar-refractivity contribution is 7.99. The summed E-state index contributed by atoms with van der Waals surface area (Å²) in [5.74, 6) is -0.393. The minimum atomic E-state index is -1.09. The number of carboxylic acids is 1. The Kier molecular flexibility index (Phi) is 5.63. The lowest BCUT2D eigenvalue weighted by molar-refractivity contribution is -0.113. The van der Waals surface area contributed by atoms with Gasteiger partial charge in [-0.05, 0) is 30.6 Å². The van der Waals surface area contributed by atoms with Crippen LogP contribution in [0.15, 0.2) is 12.1 Å². The summed E-state index contributed by atoms with van der Waals surface area (Å²) >= 11 is 9.73. The number of hydrogen-bond donors (Lipinski definition) is 2. The van der Waals surface area contributed by atoms with Crippen LogP contribution in [0, 0.1) is 6.92 Å². The van der Waals surface area contributed by atoms with Gasteiger partial charge < -0.3 is 10.4 Å². The Morgan fingerprint density at radius 2 is 2.24 bits per heavy atom.